The maximum absolute atomic E-state index is 5.14. The summed E-state index contributed by atoms with van der Waals surface area (Å²) in [7, 11) is 4.03. The SMILES string of the molecule is Cc1noc([C@H](C)Sc2nnnn2CCN(C)C)n1. The molecule has 0 N–H and O–H groups in total. The molecule has 0 amide bonds. The van der Waals surface area contributed by atoms with Gasteiger partial charge in [-0.2, -0.15) is 4.98 Å². The predicted molar refractivity (Wildman–Crippen MR) is 69.7 cm³/mol. The first kappa shape index (κ1) is 13.9. The van der Waals surface area contributed by atoms with E-state index in [1.807, 2.05) is 21.0 Å². The lowest BCUT2D eigenvalue weighted by Gasteiger charge is -2.10. The highest BCUT2D eigenvalue weighted by Crippen LogP contribution is 2.31. The van der Waals surface area contributed by atoms with Crippen LogP contribution in [0.4, 0.5) is 0 Å². The summed E-state index contributed by atoms with van der Waals surface area (Å²) >= 11 is 1.51. The van der Waals surface area contributed by atoms with Crippen molar-refractivity contribution in [3.8, 4) is 0 Å². The van der Waals surface area contributed by atoms with Gasteiger partial charge in [0, 0.05) is 6.54 Å². The zero-order chi connectivity index (χ0) is 13.8. The maximum Gasteiger partial charge on any atom is 0.239 e. The van der Waals surface area contributed by atoms with Gasteiger partial charge in [-0.15, -0.1) is 5.10 Å². The van der Waals surface area contributed by atoms with Crippen LogP contribution in [-0.2, 0) is 6.54 Å². The zero-order valence-electron chi connectivity index (χ0n) is 11.4. The highest BCUT2D eigenvalue weighted by Gasteiger charge is 2.18. The Hall–Kier alpha value is -1.48. The number of likely N-dealkylation sites (N-methyl/N-ethyl adjacent to an activating group) is 1. The number of hydrogen-bond donors (Lipinski definition) is 0. The fourth-order valence-corrected chi connectivity index (χ4v) is 2.25. The van der Waals surface area contributed by atoms with Crippen LogP contribution in [0.25, 0.3) is 0 Å². The molecule has 9 heteroatoms. The lowest BCUT2D eigenvalue weighted by atomic mass is 10.5. The topological polar surface area (TPSA) is 85.8 Å². The first-order valence-electron chi connectivity index (χ1n) is 5.94. The molecule has 2 rings (SSSR count). The van der Waals surface area contributed by atoms with Crippen LogP contribution in [0.2, 0.25) is 0 Å². The van der Waals surface area contributed by atoms with E-state index in [0.29, 0.717) is 11.7 Å². The largest absolute Gasteiger partial charge is 0.338 e. The normalized spacial score (nSPS) is 13.1. The summed E-state index contributed by atoms with van der Waals surface area (Å²) in [6, 6.07) is 0. The minimum atomic E-state index is 0.0188. The van der Waals surface area contributed by atoms with Crippen molar-refractivity contribution in [1.29, 1.82) is 0 Å². The molecule has 19 heavy (non-hydrogen) atoms. The number of tetrazole rings is 1. The second kappa shape index (κ2) is 6.11. The van der Waals surface area contributed by atoms with Crippen molar-refractivity contribution >= 4 is 11.8 Å². The van der Waals surface area contributed by atoms with Gasteiger partial charge >= 0.3 is 0 Å². The van der Waals surface area contributed by atoms with Gasteiger partial charge in [-0.25, -0.2) is 4.68 Å². The van der Waals surface area contributed by atoms with Gasteiger partial charge in [0.25, 0.3) is 0 Å². The Morgan fingerprint density at radius 3 is 2.84 bits per heavy atom. The van der Waals surface area contributed by atoms with Gasteiger partial charge in [-0.05, 0) is 38.4 Å². The summed E-state index contributed by atoms with van der Waals surface area (Å²) in [5.41, 5.74) is 0. The van der Waals surface area contributed by atoms with E-state index in [1.54, 1.807) is 11.6 Å². The van der Waals surface area contributed by atoms with Gasteiger partial charge in [0.2, 0.25) is 11.0 Å². The molecule has 0 saturated carbocycles. The van der Waals surface area contributed by atoms with Gasteiger partial charge in [-0.3, -0.25) is 0 Å². The summed E-state index contributed by atoms with van der Waals surface area (Å²) in [5, 5.41) is 16.3. The van der Waals surface area contributed by atoms with E-state index in [0.717, 1.165) is 18.2 Å². The molecule has 0 spiro atoms. The van der Waals surface area contributed by atoms with Gasteiger partial charge in [-0.1, -0.05) is 16.9 Å². The molecular weight excluding hydrogens is 266 g/mol. The highest BCUT2D eigenvalue weighted by atomic mass is 32.2. The van der Waals surface area contributed by atoms with Crippen molar-refractivity contribution in [3.05, 3.63) is 11.7 Å². The molecule has 2 heterocycles. The van der Waals surface area contributed by atoms with Crippen LogP contribution < -0.4 is 0 Å². The Balaban J connectivity index is 2.01. The Morgan fingerprint density at radius 1 is 1.42 bits per heavy atom. The Bertz CT molecular complexity index is 523. The van der Waals surface area contributed by atoms with Gasteiger partial charge in [0.1, 0.15) is 0 Å². The van der Waals surface area contributed by atoms with Crippen LogP contribution >= 0.6 is 11.8 Å². The van der Waals surface area contributed by atoms with Crippen molar-refractivity contribution in [3.63, 3.8) is 0 Å². The van der Waals surface area contributed by atoms with E-state index in [1.165, 1.54) is 11.8 Å². The van der Waals surface area contributed by atoms with E-state index in [2.05, 4.69) is 30.6 Å². The fourth-order valence-electron chi connectivity index (χ4n) is 1.40. The molecule has 0 saturated heterocycles. The summed E-state index contributed by atoms with van der Waals surface area (Å²) in [6.45, 7) is 5.42. The van der Waals surface area contributed by atoms with E-state index in [9.17, 15) is 0 Å². The molecule has 0 aliphatic heterocycles. The molecule has 1 atom stereocenters. The molecule has 0 fully saturated rings. The third kappa shape index (κ3) is 3.74. The summed E-state index contributed by atoms with van der Waals surface area (Å²) in [6.07, 6.45) is 0. The predicted octanol–water partition coefficient (Wildman–Crippen LogP) is 0.779. The maximum atomic E-state index is 5.14. The molecule has 0 unspecified atom stereocenters. The number of thioether (sulfide) groups is 1. The number of hydrogen-bond acceptors (Lipinski definition) is 8. The van der Waals surface area contributed by atoms with Crippen LogP contribution in [0.5, 0.6) is 0 Å². The molecular formula is C10H17N7OS. The van der Waals surface area contributed by atoms with Crippen LogP contribution in [0, 0.1) is 6.92 Å². The second-order valence-corrected chi connectivity index (χ2v) is 5.74. The fraction of sp³-hybridized carbons (Fsp3) is 0.700. The summed E-state index contributed by atoms with van der Waals surface area (Å²) in [4.78, 5) is 6.29. The molecule has 8 nitrogen and oxygen atoms in total. The van der Waals surface area contributed by atoms with Crippen molar-refractivity contribution in [1.82, 2.24) is 35.2 Å². The van der Waals surface area contributed by atoms with Gasteiger partial charge < -0.3 is 9.42 Å². The molecule has 0 aliphatic carbocycles. The first-order valence-corrected chi connectivity index (χ1v) is 6.82. The molecule has 0 aliphatic rings. The van der Waals surface area contributed by atoms with Crippen LogP contribution in [0.1, 0.15) is 23.9 Å². The molecule has 104 valence electrons. The van der Waals surface area contributed by atoms with Gasteiger partial charge in [0.05, 0.1) is 11.8 Å². The molecule has 0 aromatic carbocycles. The quantitative estimate of drug-likeness (QED) is 0.719. The van der Waals surface area contributed by atoms with E-state index >= 15 is 0 Å². The van der Waals surface area contributed by atoms with Crippen LogP contribution in [0.3, 0.4) is 0 Å². The minimum Gasteiger partial charge on any atom is -0.338 e. The van der Waals surface area contributed by atoms with E-state index in [-0.39, 0.29) is 5.25 Å². The van der Waals surface area contributed by atoms with Crippen molar-refractivity contribution in [2.24, 2.45) is 0 Å². The average molecular weight is 283 g/mol. The van der Waals surface area contributed by atoms with Crippen molar-refractivity contribution in [2.75, 3.05) is 20.6 Å². The van der Waals surface area contributed by atoms with Crippen molar-refractivity contribution < 1.29 is 4.52 Å². The number of aryl methyl sites for hydroxylation is 1. The Kier molecular flexibility index (Phi) is 4.48. The lowest BCUT2D eigenvalue weighted by Crippen LogP contribution is -2.19. The first-order chi connectivity index (χ1) is 9.06. The third-order valence-corrected chi connectivity index (χ3v) is 3.49. The number of nitrogens with zero attached hydrogens (tertiary/aromatic N) is 7. The second-order valence-electron chi connectivity index (χ2n) is 4.43. The molecule has 2 aromatic rings. The zero-order valence-corrected chi connectivity index (χ0v) is 12.3. The Morgan fingerprint density at radius 2 is 2.21 bits per heavy atom. The van der Waals surface area contributed by atoms with Crippen LogP contribution in [0.15, 0.2) is 9.68 Å². The number of rotatable bonds is 6. The van der Waals surface area contributed by atoms with Gasteiger partial charge in [0.15, 0.2) is 5.82 Å². The molecule has 2 aromatic heterocycles. The summed E-state index contributed by atoms with van der Waals surface area (Å²) < 4.78 is 6.93. The Labute approximate surface area is 115 Å². The monoisotopic (exact) mass is 283 g/mol. The van der Waals surface area contributed by atoms with E-state index in [4.69, 9.17) is 4.52 Å². The molecule has 0 bridgehead atoms. The number of aromatic nitrogens is 6. The molecule has 0 radical (unpaired) electrons. The van der Waals surface area contributed by atoms with Crippen LogP contribution in [-0.4, -0.2) is 55.9 Å². The standard InChI is InChI=1S/C10H17N7OS/c1-7(9-11-8(2)13-18-9)19-10-12-14-15-17(10)6-5-16(3)4/h7H,5-6H2,1-4H3/t7-/m0/s1. The highest BCUT2D eigenvalue weighted by molar-refractivity contribution is 7.99. The third-order valence-electron chi connectivity index (χ3n) is 2.43. The smallest absolute Gasteiger partial charge is 0.239 e. The van der Waals surface area contributed by atoms with E-state index < -0.39 is 0 Å². The van der Waals surface area contributed by atoms with Crippen molar-refractivity contribution in [2.45, 2.75) is 30.8 Å². The summed E-state index contributed by atoms with van der Waals surface area (Å²) in [5.74, 6) is 1.22. The minimum absolute atomic E-state index is 0.0188. The average Bonchev–Trinajstić information content (AvgIpc) is 2.95. The lowest BCUT2D eigenvalue weighted by molar-refractivity contribution is 0.360.